The van der Waals surface area contributed by atoms with E-state index in [1.807, 2.05) is 44.2 Å². The van der Waals surface area contributed by atoms with E-state index in [1.165, 1.54) is 12.1 Å². The largest absolute Gasteiger partial charge is 0.456 e. The molecule has 1 aliphatic heterocycles. The number of ether oxygens (including phenoxy) is 2. The van der Waals surface area contributed by atoms with Gasteiger partial charge < -0.3 is 15.2 Å². The van der Waals surface area contributed by atoms with Crippen LogP contribution in [-0.2, 0) is 40.6 Å². The van der Waals surface area contributed by atoms with Gasteiger partial charge in [0.25, 0.3) is 16.0 Å². The molecule has 1 saturated heterocycles. The average molecular weight is 561 g/mol. The number of unbranched alkanes of at least 4 members (excludes halogenated alkanes) is 2. The molecule has 39 heavy (non-hydrogen) atoms. The number of amides is 1. The number of carbonyl (C=O) groups excluding carboxylic acids is 3. The second kappa shape index (κ2) is 14.6. The van der Waals surface area contributed by atoms with E-state index in [-0.39, 0.29) is 23.6 Å². The smallest absolute Gasteiger partial charge is 0.355 e. The highest BCUT2D eigenvalue weighted by atomic mass is 32.2. The molecule has 2 aromatic carbocycles. The van der Waals surface area contributed by atoms with Crippen molar-refractivity contribution >= 4 is 28.0 Å². The number of hydrogen-bond acceptors (Lipinski definition) is 8. The molecule has 0 radical (unpaired) electrons. The van der Waals surface area contributed by atoms with Crippen LogP contribution in [0.25, 0.3) is 0 Å². The minimum atomic E-state index is -4.02. The average Bonchev–Trinajstić information content (AvgIpc) is 2.89. The van der Waals surface area contributed by atoms with Gasteiger partial charge in [0, 0.05) is 6.42 Å². The van der Waals surface area contributed by atoms with Crippen molar-refractivity contribution in [3.63, 3.8) is 0 Å². The summed E-state index contributed by atoms with van der Waals surface area (Å²) in [6, 6.07) is 14.2. The van der Waals surface area contributed by atoms with Gasteiger partial charge in [-0.3, -0.25) is 19.0 Å². The number of aryl methyl sites for hydroxylation is 1. The van der Waals surface area contributed by atoms with E-state index < -0.39 is 40.2 Å². The SMILES string of the molecule is CCCCCC(=O)O[C@@H]1[C@H](N)C(=O)N1C(C(=O)OCc1ccccc1)=C(C)C.Cc1ccc(S(=O)(=O)O)cc1. The van der Waals surface area contributed by atoms with Gasteiger partial charge in [-0.25, -0.2) is 4.79 Å². The van der Waals surface area contributed by atoms with Crippen LogP contribution in [0.15, 0.2) is 70.8 Å². The number of carbonyl (C=O) groups is 3. The summed E-state index contributed by atoms with van der Waals surface area (Å²) < 4.78 is 40.3. The molecule has 0 aromatic heterocycles. The van der Waals surface area contributed by atoms with E-state index in [0.29, 0.717) is 12.0 Å². The van der Waals surface area contributed by atoms with Crippen molar-refractivity contribution in [2.45, 2.75) is 77.2 Å². The van der Waals surface area contributed by atoms with Gasteiger partial charge in [0.15, 0.2) is 0 Å². The molecule has 0 spiro atoms. The lowest BCUT2D eigenvalue weighted by molar-refractivity contribution is -0.186. The molecular formula is C28H36N2O8S. The number of nitrogens with two attached hydrogens (primary N) is 1. The summed E-state index contributed by atoms with van der Waals surface area (Å²) >= 11 is 0. The van der Waals surface area contributed by atoms with Crippen molar-refractivity contribution in [3.8, 4) is 0 Å². The third kappa shape index (κ3) is 9.31. The predicted molar refractivity (Wildman–Crippen MR) is 144 cm³/mol. The Morgan fingerprint density at radius 2 is 1.64 bits per heavy atom. The Balaban J connectivity index is 0.000000404. The molecule has 2 aromatic rings. The third-order valence-electron chi connectivity index (χ3n) is 5.76. The summed E-state index contributed by atoms with van der Waals surface area (Å²) in [5.74, 6) is -1.56. The van der Waals surface area contributed by atoms with Crippen LogP contribution >= 0.6 is 0 Å². The van der Waals surface area contributed by atoms with Crippen molar-refractivity contribution in [1.29, 1.82) is 0 Å². The predicted octanol–water partition coefficient (Wildman–Crippen LogP) is 3.88. The van der Waals surface area contributed by atoms with Crippen molar-refractivity contribution in [2.24, 2.45) is 5.73 Å². The van der Waals surface area contributed by atoms with Gasteiger partial charge in [0.1, 0.15) is 18.3 Å². The molecule has 1 fully saturated rings. The first kappa shape index (κ1) is 31.7. The number of hydrogen-bond donors (Lipinski definition) is 2. The molecule has 1 heterocycles. The highest BCUT2D eigenvalue weighted by Gasteiger charge is 2.51. The van der Waals surface area contributed by atoms with Gasteiger partial charge in [-0.1, -0.05) is 67.8 Å². The monoisotopic (exact) mass is 560 g/mol. The maximum absolute atomic E-state index is 12.6. The Morgan fingerprint density at radius 1 is 1.03 bits per heavy atom. The lowest BCUT2D eigenvalue weighted by Crippen LogP contribution is -2.70. The van der Waals surface area contributed by atoms with Gasteiger partial charge in [-0.2, -0.15) is 8.42 Å². The molecule has 1 aliphatic rings. The van der Waals surface area contributed by atoms with E-state index in [1.54, 1.807) is 26.0 Å². The first-order valence-corrected chi connectivity index (χ1v) is 14.0. The number of nitrogens with zero attached hydrogens (tertiary/aromatic N) is 1. The topological polar surface area (TPSA) is 153 Å². The molecule has 3 rings (SSSR count). The minimum Gasteiger partial charge on any atom is -0.456 e. The Kier molecular flexibility index (Phi) is 11.8. The van der Waals surface area contributed by atoms with Gasteiger partial charge >= 0.3 is 11.9 Å². The molecule has 3 N–H and O–H groups in total. The fraction of sp³-hybridized carbons (Fsp3) is 0.393. The first-order chi connectivity index (χ1) is 18.4. The van der Waals surface area contributed by atoms with Crippen LogP contribution in [0.2, 0.25) is 0 Å². The Bertz CT molecular complexity index is 1270. The third-order valence-corrected chi connectivity index (χ3v) is 6.63. The van der Waals surface area contributed by atoms with Crippen LogP contribution in [0.1, 0.15) is 57.6 Å². The van der Waals surface area contributed by atoms with E-state index in [4.69, 9.17) is 19.8 Å². The number of benzene rings is 2. The van der Waals surface area contributed by atoms with Crippen LogP contribution in [0.4, 0.5) is 0 Å². The van der Waals surface area contributed by atoms with Gasteiger partial charge in [0.05, 0.1) is 4.90 Å². The summed E-state index contributed by atoms with van der Waals surface area (Å²) in [6.07, 6.45) is 1.87. The summed E-state index contributed by atoms with van der Waals surface area (Å²) in [4.78, 5) is 38.0. The van der Waals surface area contributed by atoms with Crippen LogP contribution in [0, 0.1) is 6.92 Å². The zero-order chi connectivity index (χ0) is 29.2. The summed E-state index contributed by atoms with van der Waals surface area (Å²) in [7, 11) is -4.02. The van der Waals surface area contributed by atoms with Gasteiger partial charge in [-0.05, 0) is 50.5 Å². The van der Waals surface area contributed by atoms with Crippen molar-refractivity contribution in [3.05, 3.63) is 77.0 Å². The van der Waals surface area contributed by atoms with Crippen LogP contribution in [-0.4, -0.2) is 48.0 Å². The molecule has 2 atom stereocenters. The van der Waals surface area contributed by atoms with E-state index in [0.717, 1.165) is 28.9 Å². The molecule has 1 amide bonds. The Morgan fingerprint density at radius 3 is 2.18 bits per heavy atom. The van der Waals surface area contributed by atoms with Crippen LogP contribution in [0.3, 0.4) is 0 Å². The van der Waals surface area contributed by atoms with Crippen molar-refractivity contribution in [1.82, 2.24) is 4.90 Å². The van der Waals surface area contributed by atoms with Crippen LogP contribution < -0.4 is 5.73 Å². The van der Waals surface area contributed by atoms with E-state index in [2.05, 4.69) is 0 Å². The molecule has 11 heteroatoms. The maximum atomic E-state index is 12.6. The Hall–Kier alpha value is -3.54. The lowest BCUT2D eigenvalue weighted by Gasteiger charge is -2.44. The Labute approximate surface area is 229 Å². The molecule has 0 saturated carbocycles. The second-order valence-electron chi connectivity index (χ2n) is 9.27. The van der Waals surface area contributed by atoms with Gasteiger partial charge in [-0.15, -0.1) is 0 Å². The molecule has 0 bridgehead atoms. The molecule has 10 nitrogen and oxygen atoms in total. The summed E-state index contributed by atoms with van der Waals surface area (Å²) in [5, 5.41) is 0. The highest BCUT2D eigenvalue weighted by molar-refractivity contribution is 7.85. The maximum Gasteiger partial charge on any atom is 0.355 e. The number of likely N-dealkylation sites (tertiary alicyclic amines) is 1. The minimum absolute atomic E-state index is 0.0639. The van der Waals surface area contributed by atoms with Gasteiger partial charge in [0.2, 0.25) is 6.23 Å². The standard InChI is InChI=1S/C21H28N2O5.C7H8O3S/c1-4-5-7-12-16(24)28-20-17(22)19(25)23(20)18(14(2)3)21(26)27-13-15-10-8-6-9-11-15;1-6-2-4-7(5-3-6)11(8,9)10/h6,8-11,17,20H,4-5,7,12-13,22H2,1-3H3;2-5H,1H3,(H,8,9,10)/t17-,20-;/m1./s1. The normalized spacial score (nSPS) is 16.4. The summed E-state index contributed by atoms with van der Waals surface area (Å²) in [6.45, 7) is 7.34. The van der Waals surface area contributed by atoms with Crippen LogP contribution in [0.5, 0.6) is 0 Å². The number of esters is 2. The molecule has 212 valence electrons. The molecular weight excluding hydrogens is 524 g/mol. The van der Waals surface area contributed by atoms with Crippen molar-refractivity contribution < 1.29 is 36.8 Å². The second-order valence-corrected chi connectivity index (χ2v) is 10.7. The van der Waals surface area contributed by atoms with E-state index >= 15 is 0 Å². The molecule has 0 aliphatic carbocycles. The zero-order valence-electron chi connectivity index (χ0n) is 22.6. The number of rotatable bonds is 10. The summed E-state index contributed by atoms with van der Waals surface area (Å²) in [5.41, 5.74) is 8.24. The lowest BCUT2D eigenvalue weighted by atomic mass is 10.0. The number of β-lactam (4-membered cyclic amide) rings is 1. The molecule has 0 unspecified atom stereocenters. The van der Waals surface area contributed by atoms with E-state index in [9.17, 15) is 22.8 Å². The first-order valence-electron chi connectivity index (χ1n) is 12.6. The fourth-order valence-electron chi connectivity index (χ4n) is 3.61. The highest BCUT2D eigenvalue weighted by Crippen LogP contribution is 2.28. The fourth-order valence-corrected chi connectivity index (χ4v) is 4.09. The number of allylic oxidation sites excluding steroid dienone is 1. The zero-order valence-corrected chi connectivity index (χ0v) is 23.4. The van der Waals surface area contributed by atoms with Crippen molar-refractivity contribution in [2.75, 3.05) is 0 Å². The quantitative estimate of drug-likeness (QED) is 0.145.